The molecular formula is C14H18N2OS. The van der Waals surface area contributed by atoms with Gasteiger partial charge in [-0.05, 0) is 26.5 Å². The third-order valence-electron chi connectivity index (χ3n) is 2.93. The van der Waals surface area contributed by atoms with Crippen LogP contribution in [0.25, 0.3) is 0 Å². The molecule has 18 heavy (non-hydrogen) atoms. The van der Waals surface area contributed by atoms with Gasteiger partial charge in [-0.3, -0.25) is 0 Å². The highest BCUT2D eigenvalue weighted by Crippen LogP contribution is 2.23. The molecule has 0 bridgehead atoms. The molecule has 4 heteroatoms. The van der Waals surface area contributed by atoms with Crippen LogP contribution in [0.3, 0.4) is 0 Å². The molecular weight excluding hydrogens is 244 g/mol. The number of rotatable bonds is 5. The Morgan fingerprint density at radius 1 is 1.39 bits per heavy atom. The van der Waals surface area contributed by atoms with Crippen LogP contribution in [0.4, 0.5) is 0 Å². The Morgan fingerprint density at radius 3 is 2.89 bits per heavy atom. The molecule has 0 fully saturated rings. The number of aromatic nitrogens is 1. The number of aromatic hydroxyl groups is 1. The fourth-order valence-corrected chi connectivity index (χ4v) is 2.83. The predicted octanol–water partition coefficient (Wildman–Crippen LogP) is 2.59. The largest absolute Gasteiger partial charge is 0.508 e. The summed E-state index contributed by atoms with van der Waals surface area (Å²) in [6, 6.07) is 7.89. The number of para-hydroxylation sites is 1. The topological polar surface area (TPSA) is 45.2 Å². The lowest BCUT2D eigenvalue weighted by molar-refractivity contribution is 0.469. The number of hydrogen-bond donors (Lipinski definition) is 2. The Balaban J connectivity index is 2.05. The van der Waals surface area contributed by atoms with Crippen LogP contribution in [-0.2, 0) is 12.8 Å². The van der Waals surface area contributed by atoms with E-state index < -0.39 is 0 Å². The summed E-state index contributed by atoms with van der Waals surface area (Å²) in [7, 11) is 1.97. The number of phenols is 1. The summed E-state index contributed by atoms with van der Waals surface area (Å²) < 4.78 is 0. The molecule has 3 nitrogen and oxygen atoms in total. The van der Waals surface area contributed by atoms with Gasteiger partial charge in [-0.1, -0.05) is 18.2 Å². The highest BCUT2D eigenvalue weighted by atomic mass is 32.1. The summed E-state index contributed by atoms with van der Waals surface area (Å²) in [5.41, 5.74) is 0.931. The van der Waals surface area contributed by atoms with Gasteiger partial charge in [0.1, 0.15) is 5.75 Å². The van der Waals surface area contributed by atoms with Crippen molar-refractivity contribution in [2.75, 3.05) is 7.05 Å². The molecule has 2 rings (SSSR count). The SMILES string of the molecule is CNC(C)Cc1cnc(Cc2ccccc2O)s1. The smallest absolute Gasteiger partial charge is 0.119 e. The minimum atomic E-state index is 0.345. The number of nitrogens with zero attached hydrogens (tertiary/aromatic N) is 1. The van der Waals surface area contributed by atoms with Crippen molar-refractivity contribution in [3.05, 3.63) is 45.9 Å². The molecule has 0 aliphatic carbocycles. The normalized spacial score (nSPS) is 12.6. The zero-order chi connectivity index (χ0) is 13.0. The molecule has 1 aromatic heterocycles. The highest BCUT2D eigenvalue weighted by molar-refractivity contribution is 7.11. The molecule has 96 valence electrons. The lowest BCUT2D eigenvalue weighted by atomic mass is 10.1. The number of phenolic OH excluding ortho intramolecular Hbond substituents is 1. The quantitative estimate of drug-likeness (QED) is 0.870. The van der Waals surface area contributed by atoms with Gasteiger partial charge in [0.15, 0.2) is 0 Å². The van der Waals surface area contributed by atoms with Crippen LogP contribution in [0.1, 0.15) is 22.4 Å². The summed E-state index contributed by atoms with van der Waals surface area (Å²) >= 11 is 1.72. The summed E-state index contributed by atoms with van der Waals surface area (Å²) in [5, 5.41) is 14.0. The van der Waals surface area contributed by atoms with E-state index in [0.29, 0.717) is 18.2 Å². The summed E-state index contributed by atoms with van der Waals surface area (Å²) in [5.74, 6) is 0.345. The lowest BCUT2D eigenvalue weighted by Crippen LogP contribution is -2.22. The second-order valence-corrected chi connectivity index (χ2v) is 5.62. The third kappa shape index (κ3) is 3.31. The first kappa shape index (κ1) is 13.1. The van der Waals surface area contributed by atoms with Crippen LogP contribution in [0.15, 0.2) is 30.5 Å². The van der Waals surface area contributed by atoms with Crippen molar-refractivity contribution in [3.63, 3.8) is 0 Å². The van der Waals surface area contributed by atoms with Crippen LogP contribution in [0.2, 0.25) is 0 Å². The zero-order valence-corrected chi connectivity index (χ0v) is 11.5. The number of benzene rings is 1. The van der Waals surface area contributed by atoms with Crippen LogP contribution in [0, 0.1) is 0 Å². The van der Waals surface area contributed by atoms with E-state index in [4.69, 9.17) is 0 Å². The monoisotopic (exact) mass is 262 g/mol. The van der Waals surface area contributed by atoms with Crippen molar-refractivity contribution in [2.45, 2.75) is 25.8 Å². The molecule has 2 N–H and O–H groups in total. The molecule has 0 amide bonds. The van der Waals surface area contributed by atoms with Crippen LogP contribution in [0.5, 0.6) is 5.75 Å². The lowest BCUT2D eigenvalue weighted by Gasteiger charge is -2.06. The molecule has 0 saturated heterocycles. The second-order valence-electron chi connectivity index (χ2n) is 4.42. The van der Waals surface area contributed by atoms with Crippen molar-refractivity contribution < 1.29 is 5.11 Å². The van der Waals surface area contributed by atoms with Gasteiger partial charge in [-0.15, -0.1) is 11.3 Å². The summed E-state index contributed by atoms with van der Waals surface area (Å²) in [6.07, 6.45) is 3.63. The molecule has 0 spiro atoms. The number of likely N-dealkylation sites (N-methyl/N-ethyl adjacent to an activating group) is 1. The molecule has 1 aromatic carbocycles. The maximum Gasteiger partial charge on any atom is 0.119 e. The first-order valence-electron chi connectivity index (χ1n) is 6.06. The van der Waals surface area contributed by atoms with Crippen molar-refractivity contribution in [2.24, 2.45) is 0 Å². The average molecular weight is 262 g/mol. The Hall–Kier alpha value is -1.39. The van der Waals surface area contributed by atoms with Crippen LogP contribution in [-0.4, -0.2) is 23.2 Å². The Kier molecular flexibility index (Phi) is 4.33. The summed E-state index contributed by atoms with van der Waals surface area (Å²) in [4.78, 5) is 5.70. The van der Waals surface area contributed by atoms with Gasteiger partial charge >= 0.3 is 0 Å². The minimum absolute atomic E-state index is 0.345. The first-order valence-corrected chi connectivity index (χ1v) is 6.88. The molecule has 0 radical (unpaired) electrons. The van der Waals surface area contributed by atoms with Gasteiger partial charge in [0, 0.05) is 29.1 Å². The Labute approximate surface area is 112 Å². The number of thiazole rings is 1. The Bertz CT molecular complexity index is 510. The first-order chi connectivity index (χ1) is 8.69. The molecule has 1 unspecified atom stereocenters. The van der Waals surface area contributed by atoms with Gasteiger partial charge in [0.2, 0.25) is 0 Å². The van der Waals surface area contributed by atoms with E-state index in [2.05, 4.69) is 17.2 Å². The van der Waals surface area contributed by atoms with E-state index in [-0.39, 0.29) is 0 Å². The van der Waals surface area contributed by atoms with Crippen LogP contribution < -0.4 is 5.32 Å². The van der Waals surface area contributed by atoms with Gasteiger partial charge in [-0.25, -0.2) is 4.98 Å². The van der Waals surface area contributed by atoms with Gasteiger partial charge in [-0.2, -0.15) is 0 Å². The van der Waals surface area contributed by atoms with Gasteiger partial charge < -0.3 is 10.4 Å². The van der Waals surface area contributed by atoms with E-state index >= 15 is 0 Å². The standard InChI is InChI=1S/C14H18N2OS/c1-10(15-2)7-12-9-16-14(18-12)8-11-5-3-4-6-13(11)17/h3-6,9-10,15,17H,7-8H2,1-2H3. The predicted molar refractivity (Wildman–Crippen MR) is 75.3 cm³/mol. The molecule has 0 saturated carbocycles. The molecule has 1 atom stereocenters. The van der Waals surface area contributed by atoms with E-state index in [1.807, 2.05) is 31.4 Å². The molecule has 0 aliphatic heterocycles. The maximum atomic E-state index is 9.73. The van der Waals surface area contributed by atoms with E-state index in [1.165, 1.54) is 4.88 Å². The fraction of sp³-hybridized carbons (Fsp3) is 0.357. The summed E-state index contributed by atoms with van der Waals surface area (Å²) in [6.45, 7) is 2.16. The van der Waals surface area contributed by atoms with Crippen molar-refractivity contribution >= 4 is 11.3 Å². The number of hydrogen-bond acceptors (Lipinski definition) is 4. The van der Waals surface area contributed by atoms with E-state index in [0.717, 1.165) is 17.0 Å². The van der Waals surface area contributed by atoms with E-state index in [1.54, 1.807) is 17.4 Å². The van der Waals surface area contributed by atoms with Gasteiger partial charge in [0.25, 0.3) is 0 Å². The van der Waals surface area contributed by atoms with Gasteiger partial charge in [0.05, 0.1) is 5.01 Å². The molecule has 2 aromatic rings. The van der Waals surface area contributed by atoms with E-state index in [9.17, 15) is 5.11 Å². The highest BCUT2D eigenvalue weighted by Gasteiger charge is 2.08. The maximum absolute atomic E-state index is 9.73. The molecule has 0 aliphatic rings. The second kappa shape index (κ2) is 5.98. The third-order valence-corrected chi connectivity index (χ3v) is 3.95. The zero-order valence-electron chi connectivity index (χ0n) is 10.7. The molecule has 1 heterocycles. The van der Waals surface area contributed by atoms with Crippen molar-refractivity contribution in [1.82, 2.24) is 10.3 Å². The van der Waals surface area contributed by atoms with Crippen molar-refractivity contribution in [3.8, 4) is 5.75 Å². The Morgan fingerprint density at radius 2 is 2.17 bits per heavy atom. The minimum Gasteiger partial charge on any atom is -0.508 e. The average Bonchev–Trinajstić information content (AvgIpc) is 2.79. The van der Waals surface area contributed by atoms with Crippen molar-refractivity contribution in [1.29, 1.82) is 0 Å². The fourth-order valence-electron chi connectivity index (χ4n) is 1.75. The number of nitrogens with one attached hydrogen (secondary N) is 1. The van der Waals surface area contributed by atoms with Crippen LogP contribution >= 0.6 is 11.3 Å².